The lowest BCUT2D eigenvalue weighted by molar-refractivity contribution is 0.227. The van der Waals surface area contributed by atoms with Gasteiger partial charge < -0.3 is 15.7 Å². The Bertz CT molecular complexity index is 735. The third kappa shape index (κ3) is 5.33. The summed E-state index contributed by atoms with van der Waals surface area (Å²) in [6, 6.07) is 17.2. The monoisotopic (exact) mass is 337 g/mol. The Morgan fingerprint density at radius 3 is 2.56 bits per heavy atom. The van der Waals surface area contributed by atoms with E-state index in [9.17, 15) is 10.1 Å². The van der Waals surface area contributed by atoms with Gasteiger partial charge in [-0.1, -0.05) is 49.4 Å². The minimum absolute atomic E-state index is 0.0186. The van der Waals surface area contributed by atoms with E-state index < -0.39 is 0 Å². The van der Waals surface area contributed by atoms with Gasteiger partial charge in [-0.05, 0) is 35.6 Å². The van der Waals surface area contributed by atoms with Gasteiger partial charge in [0.25, 0.3) is 0 Å². The van der Waals surface area contributed by atoms with Crippen LogP contribution in [0.1, 0.15) is 30.9 Å². The summed E-state index contributed by atoms with van der Waals surface area (Å²) in [7, 11) is 0. The largest absolute Gasteiger partial charge is 0.396 e. The molecule has 3 N–H and O–H groups in total. The van der Waals surface area contributed by atoms with Crippen LogP contribution in [0.25, 0.3) is 11.1 Å². The van der Waals surface area contributed by atoms with E-state index in [4.69, 9.17) is 5.11 Å². The molecule has 5 nitrogen and oxygen atoms in total. The molecule has 0 aliphatic heterocycles. The highest BCUT2D eigenvalue weighted by Crippen LogP contribution is 2.23. The van der Waals surface area contributed by atoms with Crippen molar-refractivity contribution in [2.24, 2.45) is 0 Å². The van der Waals surface area contributed by atoms with Gasteiger partial charge in [0.15, 0.2) is 0 Å². The quantitative estimate of drug-likeness (QED) is 0.725. The van der Waals surface area contributed by atoms with Gasteiger partial charge in [0.05, 0.1) is 11.6 Å². The molecule has 0 radical (unpaired) electrons. The summed E-state index contributed by atoms with van der Waals surface area (Å²) in [6.45, 7) is 2.45. The second kappa shape index (κ2) is 9.45. The van der Waals surface area contributed by atoms with Gasteiger partial charge in [-0.25, -0.2) is 4.79 Å². The van der Waals surface area contributed by atoms with Gasteiger partial charge in [-0.3, -0.25) is 0 Å². The molecule has 0 spiro atoms. The minimum Gasteiger partial charge on any atom is -0.396 e. The van der Waals surface area contributed by atoms with Crippen LogP contribution in [0.15, 0.2) is 48.5 Å². The highest BCUT2D eigenvalue weighted by Gasteiger charge is 2.09. The highest BCUT2D eigenvalue weighted by atomic mass is 16.3. The fraction of sp³-hybridized carbons (Fsp3) is 0.300. The first-order valence-corrected chi connectivity index (χ1v) is 8.41. The van der Waals surface area contributed by atoms with Crippen molar-refractivity contribution in [2.75, 3.05) is 6.61 Å². The van der Waals surface area contributed by atoms with Crippen LogP contribution in [0.3, 0.4) is 0 Å². The molecule has 2 aromatic carbocycles. The Morgan fingerprint density at radius 2 is 1.92 bits per heavy atom. The van der Waals surface area contributed by atoms with Gasteiger partial charge in [0, 0.05) is 19.2 Å². The molecular formula is C20H23N3O2. The van der Waals surface area contributed by atoms with Crippen molar-refractivity contribution in [1.82, 2.24) is 10.6 Å². The first-order valence-electron chi connectivity index (χ1n) is 8.41. The number of hydrogen-bond donors (Lipinski definition) is 3. The normalized spacial score (nSPS) is 11.4. The van der Waals surface area contributed by atoms with Gasteiger partial charge in [0.2, 0.25) is 0 Å². The number of aliphatic hydroxyl groups excluding tert-OH is 1. The van der Waals surface area contributed by atoms with Crippen molar-refractivity contribution in [3.05, 3.63) is 59.7 Å². The molecule has 0 aliphatic carbocycles. The first-order chi connectivity index (χ1) is 12.2. The number of nitrogens with one attached hydrogen (secondary N) is 2. The summed E-state index contributed by atoms with van der Waals surface area (Å²) in [5.41, 5.74) is 3.49. The molecule has 2 aromatic rings. The van der Waals surface area contributed by atoms with Crippen molar-refractivity contribution in [3.8, 4) is 17.2 Å². The second-order valence-corrected chi connectivity index (χ2v) is 5.80. The second-order valence-electron chi connectivity index (χ2n) is 5.80. The summed E-state index contributed by atoms with van der Waals surface area (Å²) in [4.78, 5) is 11.9. The number of hydrogen-bond acceptors (Lipinski definition) is 3. The maximum absolute atomic E-state index is 11.9. The zero-order valence-electron chi connectivity index (χ0n) is 14.3. The SMILES string of the molecule is CCC(CCO)NC(=O)NCc1ccc(-c2ccccc2C#N)cc1. The van der Waals surface area contributed by atoms with Crippen molar-refractivity contribution < 1.29 is 9.90 Å². The Kier molecular flexibility index (Phi) is 7.00. The van der Waals surface area contributed by atoms with Crippen LogP contribution < -0.4 is 10.6 Å². The average molecular weight is 337 g/mol. The predicted octanol–water partition coefficient (Wildman–Crippen LogP) is 3.19. The number of aliphatic hydroxyl groups is 1. The van der Waals surface area contributed by atoms with Crippen LogP contribution in [0, 0.1) is 11.3 Å². The third-order valence-corrected chi connectivity index (χ3v) is 4.07. The number of amides is 2. The molecule has 0 saturated heterocycles. The number of urea groups is 1. The molecule has 2 rings (SSSR count). The van der Waals surface area contributed by atoms with Crippen molar-refractivity contribution >= 4 is 6.03 Å². The van der Waals surface area contributed by atoms with E-state index in [0.717, 1.165) is 23.1 Å². The molecular weight excluding hydrogens is 314 g/mol. The molecule has 0 fully saturated rings. The lowest BCUT2D eigenvalue weighted by atomic mass is 9.99. The molecule has 0 heterocycles. The Labute approximate surface area is 148 Å². The van der Waals surface area contributed by atoms with E-state index in [1.807, 2.05) is 49.4 Å². The Balaban J connectivity index is 1.95. The third-order valence-electron chi connectivity index (χ3n) is 4.07. The van der Waals surface area contributed by atoms with Crippen LogP contribution in [0.5, 0.6) is 0 Å². The molecule has 2 amide bonds. The average Bonchev–Trinajstić information content (AvgIpc) is 2.66. The van der Waals surface area contributed by atoms with E-state index in [1.165, 1.54) is 0 Å². The summed E-state index contributed by atoms with van der Waals surface area (Å²) < 4.78 is 0. The van der Waals surface area contributed by atoms with E-state index in [1.54, 1.807) is 6.07 Å². The van der Waals surface area contributed by atoms with Crippen LogP contribution >= 0.6 is 0 Å². The lowest BCUT2D eigenvalue weighted by Crippen LogP contribution is -2.41. The molecule has 0 bridgehead atoms. The van der Waals surface area contributed by atoms with Crippen molar-refractivity contribution in [2.45, 2.75) is 32.4 Å². The molecule has 0 aliphatic rings. The van der Waals surface area contributed by atoms with Gasteiger partial charge in [-0.2, -0.15) is 5.26 Å². The lowest BCUT2D eigenvalue weighted by Gasteiger charge is -2.16. The Morgan fingerprint density at radius 1 is 1.20 bits per heavy atom. The van der Waals surface area contributed by atoms with Gasteiger partial charge in [0.1, 0.15) is 0 Å². The van der Waals surface area contributed by atoms with Crippen LogP contribution in [-0.4, -0.2) is 23.8 Å². The molecule has 25 heavy (non-hydrogen) atoms. The number of rotatable bonds is 7. The predicted molar refractivity (Wildman–Crippen MR) is 97.7 cm³/mol. The van der Waals surface area contributed by atoms with Crippen LogP contribution in [0.4, 0.5) is 4.79 Å². The maximum Gasteiger partial charge on any atom is 0.315 e. The van der Waals surface area contributed by atoms with Crippen molar-refractivity contribution in [3.63, 3.8) is 0 Å². The molecule has 5 heteroatoms. The molecule has 1 atom stereocenters. The topological polar surface area (TPSA) is 85.2 Å². The van der Waals surface area contributed by atoms with E-state index in [2.05, 4.69) is 16.7 Å². The van der Waals surface area contributed by atoms with E-state index in [0.29, 0.717) is 18.5 Å². The standard InChI is InChI=1S/C20H23N3O2/c1-2-18(11-12-24)23-20(25)22-14-15-7-9-16(10-8-15)19-6-4-3-5-17(19)13-21/h3-10,18,24H,2,11-12,14H2,1H3,(H2,22,23,25). The highest BCUT2D eigenvalue weighted by molar-refractivity contribution is 5.74. The molecule has 0 saturated carbocycles. The Hall–Kier alpha value is -2.84. The van der Waals surface area contributed by atoms with E-state index >= 15 is 0 Å². The van der Waals surface area contributed by atoms with Crippen LogP contribution in [-0.2, 0) is 6.54 Å². The number of nitriles is 1. The molecule has 1 unspecified atom stereocenters. The fourth-order valence-electron chi connectivity index (χ4n) is 2.59. The number of carbonyl (C=O) groups excluding carboxylic acids is 1. The number of carbonyl (C=O) groups is 1. The summed E-state index contributed by atoms with van der Waals surface area (Å²) in [5.74, 6) is 0. The molecule has 0 aromatic heterocycles. The summed E-state index contributed by atoms with van der Waals surface area (Å²) in [5, 5.41) is 23.8. The van der Waals surface area contributed by atoms with Crippen molar-refractivity contribution in [1.29, 1.82) is 5.26 Å². The fourth-order valence-corrected chi connectivity index (χ4v) is 2.59. The van der Waals surface area contributed by atoms with E-state index in [-0.39, 0.29) is 18.7 Å². The summed E-state index contributed by atoms with van der Waals surface area (Å²) >= 11 is 0. The number of nitrogens with zero attached hydrogens (tertiary/aromatic N) is 1. The minimum atomic E-state index is -0.237. The first kappa shape index (κ1) is 18.5. The zero-order valence-corrected chi connectivity index (χ0v) is 14.3. The summed E-state index contributed by atoms with van der Waals surface area (Å²) in [6.07, 6.45) is 1.33. The maximum atomic E-state index is 11.9. The van der Waals surface area contributed by atoms with Crippen LogP contribution in [0.2, 0.25) is 0 Å². The van der Waals surface area contributed by atoms with Gasteiger partial charge >= 0.3 is 6.03 Å². The number of benzene rings is 2. The molecule has 130 valence electrons. The smallest absolute Gasteiger partial charge is 0.315 e. The zero-order chi connectivity index (χ0) is 18.1. The van der Waals surface area contributed by atoms with Gasteiger partial charge in [-0.15, -0.1) is 0 Å².